The van der Waals surface area contributed by atoms with Crippen molar-refractivity contribution in [1.82, 2.24) is 14.8 Å². The Morgan fingerprint density at radius 3 is 3.00 bits per heavy atom. The molecule has 0 aliphatic heterocycles. The van der Waals surface area contributed by atoms with Crippen LogP contribution in [0.2, 0.25) is 0 Å². The number of aryl methyl sites for hydroxylation is 2. The maximum absolute atomic E-state index is 10.1. The van der Waals surface area contributed by atoms with Crippen molar-refractivity contribution in [3.63, 3.8) is 0 Å². The molecular weight excluding hydrogens is 222 g/mol. The molecule has 0 amide bonds. The van der Waals surface area contributed by atoms with E-state index in [1.165, 1.54) is 0 Å². The lowest BCUT2D eigenvalue weighted by Crippen LogP contribution is -2.09. The third-order valence-corrected chi connectivity index (χ3v) is 3.25. The second-order valence-electron chi connectivity index (χ2n) is 3.71. The normalized spacial score (nSPS) is 12.9. The zero-order chi connectivity index (χ0) is 11.5. The van der Waals surface area contributed by atoms with Crippen LogP contribution >= 0.6 is 11.3 Å². The summed E-state index contributed by atoms with van der Waals surface area (Å²) in [6, 6.07) is 1.94. The van der Waals surface area contributed by atoms with Gasteiger partial charge in [0.05, 0.1) is 16.9 Å². The lowest BCUT2D eigenvalue weighted by molar-refractivity contribution is 0.168. The zero-order valence-electron chi connectivity index (χ0n) is 9.42. The summed E-state index contributed by atoms with van der Waals surface area (Å²) in [5.74, 6) is 0. The molecule has 0 aliphatic rings. The van der Waals surface area contributed by atoms with Crippen LogP contribution in [0.5, 0.6) is 0 Å². The fourth-order valence-corrected chi connectivity index (χ4v) is 2.36. The molecule has 0 aliphatic carbocycles. The number of aliphatic hydroxyl groups excluding tert-OH is 1. The monoisotopic (exact) mass is 237 g/mol. The molecule has 0 bridgehead atoms. The van der Waals surface area contributed by atoms with Gasteiger partial charge in [0.15, 0.2) is 0 Å². The number of hydrogen-bond acceptors (Lipinski definition) is 4. The van der Waals surface area contributed by atoms with Gasteiger partial charge in [-0.25, -0.2) is 0 Å². The molecule has 0 fully saturated rings. The average molecular weight is 237 g/mol. The first-order valence-electron chi connectivity index (χ1n) is 5.30. The Kier molecular flexibility index (Phi) is 3.36. The second-order valence-corrected chi connectivity index (χ2v) is 4.68. The molecule has 0 saturated carbocycles. The van der Waals surface area contributed by atoms with Gasteiger partial charge in [0, 0.05) is 24.0 Å². The molecule has 16 heavy (non-hydrogen) atoms. The van der Waals surface area contributed by atoms with Gasteiger partial charge in [-0.3, -0.25) is 9.67 Å². The number of aliphatic hydroxyl groups is 1. The maximum Gasteiger partial charge on any atom is 0.100 e. The van der Waals surface area contributed by atoms with E-state index in [-0.39, 0.29) is 0 Å². The van der Waals surface area contributed by atoms with Crippen molar-refractivity contribution < 1.29 is 5.11 Å². The highest BCUT2D eigenvalue weighted by molar-refractivity contribution is 7.09. The third kappa shape index (κ3) is 2.31. The van der Waals surface area contributed by atoms with Gasteiger partial charge < -0.3 is 5.11 Å². The molecule has 1 atom stereocenters. The maximum atomic E-state index is 10.1. The summed E-state index contributed by atoms with van der Waals surface area (Å²) in [6.45, 7) is 4.74. The first-order chi connectivity index (χ1) is 7.70. The van der Waals surface area contributed by atoms with Gasteiger partial charge in [0.25, 0.3) is 0 Å². The smallest absolute Gasteiger partial charge is 0.100 e. The quantitative estimate of drug-likeness (QED) is 0.884. The summed E-state index contributed by atoms with van der Waals surface area (Å²) >= 11 is 1.57. The predicted molar refractivity (Wildman–Crippen MR) is 63.4 cm³/mol. The van der Waals surface area contributed by atoms with Gasteiger partial charge in [0.1, 0.15) is 6.10 Å². The Morgan fingerprint density at radius 1 is 1.56 bits per heavy atom. The van der Waals surface area contributed by atoms with E-state index in [2.05, 4.69) is 10.1 Å². The highest BCUT2D eigenvalue weighted by Crippen LogP contribution is 2.21. The number of thiazole rings is 1. The molecule has 5 heteroatoms. The minimum atomic E-state index is -0.499. The SMILES string of the molecule is CCn1nc(C)cc1C(O)Cc1cncs1. The van der Waals surface area contributed by atoms with Crippen LogP contribution < -0.4 is 0 Å². The molecule has 0 saturated heterocycles. The summed E-state index contributed by atoms with van der Waals surface area (Å²) in [5, 5.41) is 14.5. The van der Waals surface area contributed by atoms with Crippen LogP contribution in [0.25, 0.3) is 0 Å². The largest absolute Gasteiger partial charge is 0.386 e. The lowest BCUT2D eigenvalue weighted by Gasteiger charge is -2.10. The summed E-state index contributed by atoms with van der Waals surface area (Å²) in [7, 11) is 0. The van der Waals surface area contributed by atoms with Crippen LogP contribution in [0.15, 0.2) is 17.8 Å². The van der Waals surface area contributed by atoms with Crippen molar-refractivity contribution in [2.75, 3.05) is 0 Å². The Morgan fingerprint density at radius 2 is 2.38 bits per heavy atom. The minimum absolute atomic E-state index is 0.499. The van der Waals surface area contributed by atoms with E-state index in [0.717, 1.165) is 22.8 Å². The number of aromatic nitrogens is 3. The summed E-state index contributed by atoms with van der Waals surface area (Å²) in [5.41, 5.74) is 3.61. The van der Waals surface area contributed by atoms with Gasteiger partial charge in [-0.1, -0.05) is 0 Å². The van der Waals surface area contributed by atoms with Crippen molar-refractivity contribution in [3.8, 4) is 0 Å². The van der Waals surface area contributed by atoms with Crippen molar-refractivity contribution in [2.24, 2.45) is 0 Å². The topological polar surface area (TPSA) is 50.9 Å². The van der Waals surface area contributed by atoms with E-state index >= 15 is 0 Å². The molecule has 2 aromatic rings. The van der Waals surface area contributed by atoms with E-state index in [9.17, 15) is 5.11 Å². The highest BCUT2D eigenvalue weighted by Gasteiger charge is 2.15. The van der Waals surface area contributed by atoms with E-state index < -0.39 is 6.10 Å². The van der Waals surface area contributed by atoms with Crippen LogP contribution in [-0.4, -0.2) is 19.9 Å². The van der Waals surface area contributed by atoms with Crippen molar-refractivity contribution in [2.45, 2.75) is 32.9 Å². The van der Waals surface area contributed by atoms with Crippen LogP contribution in [0, 0.1) is 6.92 Å². The van der Waals surface area contributed by atoms with Crippen LogP contribution in [0.3, 0.4) is 0 Å². The van der Waals surface area contributed by atoms with E-state index in [0.29, 0.717) is 6.42 Å². The van der Waals surface area contributed by atoms with Gasteiger partial charge in [-0.05, 0) is 19.9 Å². The Hall–Kier alpha value is -1.20. The van der Waals surface area contributed by atoms with Gasteiger partial charge in [-0.15, -0.1) is 11.3 Å². The van der Waals surface area contributed by atoms with Crippen LogP contribution in [0.4, 0.5) is 0 Å². The van der Waals surface area contributed by atoms with E-state index in [1.807, 2.05) is 24.6 Å². The molecule has 0 aromatic carbocycles. The fraction of sp³-hybridized carbons (Fsp3) is 0.455. The Labute approximate surface area is 98.6 Å². The van der Waals surface area contributed by atoms with Crippen molar-refractivity contribution in [1.29, 1.82) is 0 Å². The van der Waals surface area contributed by atoms with E-state index in [1.54, 1.807) is 23.0 Å². The predicted octanol–water partition coefficient (Wildman–Crippen LogP) is 1.94. The molecule has 86 valence electrons. The molecule has 2 rings (SSSR count). The van der Waals surface area contributed by atoms with Crippen molar-refractivity contribution in [3.05, 3.63) is 34.0 Å². The Balaban J connectivity index is 2.16. The molecule has 2 heterocycles. The van der Waals surface area contributed by atoms with E-state index in [4.69, 9.17) is 0 Å². The Bertz CT molecular complexity index is 450. The fourth-order valence-electron chi connectivity index (χ4n) is 1.73. The van der Waals surface area contributed by atoms with Gasteiger partial charge >= 0.3 is 0 Å². The number of nitrogens with zero attached hydrogens (tertiary/aromatic N) is 3. The third-order valence-electron chi connectivity index (χ3n) is 2.45. The molecule has 4 nitrogen and oxygen atoms in total. The average Bonchev–Trinajstić information content (AvgIpc) is 2.86. The van der Waals surface area contributed by atoms with Gasteiger partial charge in [-0.2, -0.15) is 5.10 Å². The molecule has 1 unspecified atom stereocenters. The molecular formula is C11H15N3OS. The molecule has 2 aromatic heterocycles. The number of rotatable bonds is 4. The summed E-state index contributed by atoms with van der Waals surface area (Å²) < 4.78 is 1.85. The molecule has 0 spiro atoms. The first-order valence-corrected chi connectivity index (χ1v) is 6.18. The minimum Gasteiger partial charge on any atom is -0.386 e. The standard InChI is InChI=1S/C11H15N3OS/c1-3-14-10(4-8(2)13-14)11(15)5-9-6-12-7-16-9/h4,6-7,11,15H,3,5H2,1-2H3. The first kappa shape index (κ1) is 11.3. The van der Waals surface area contributed by atoms with Crippen LogP contribution in [-0.2, 0) is 13.0 Å². The van der Waals surface area contributed by atoms with Crippen molar-refractivity contribution >= 4 is 11.3 Å². The second kappa shape index (κ2) is 4.76. The van der Waals surface area contributed by atoms with Crippen LogP contribution in [0.1, 0.15) is 29.3 Å². The zero-order valence-corrected chi connectivity index (χ0v) is 10.2. The lowest BCUT2D eigenvalue weighted by atomic mass is 10.1. The summed E-state index contributed by atoms with van der Waals surface area (Å²) in [4.78, 5) is 5.09. The molecule has 1 N–H and O–H groups in total. The number of hydrogen-bond donors (Lipinski definition) is 1. The van der Waals surface area contributed by atoms with Gasteiger partial charge in [0.2, 0.25) is 0 Å². The summed E-state index contributed by atoms with van der Waals surface area (Å²) in [6.07, 6.45) is 1.91. The highest BCUT2D eigenvalue weighted by atomic mass is 32.1. The molecule has 0 radical (unpaired) electrons.